The Hall–Kier alpha value is -3.73. The molecular weight excluding hydrogens is 481 g/mol. The zero-order valence-electron chi connectivity index (χ0n) is 18.7. The summed E-state index contributed by atoms with van der Waals surface area (Å²) in [7, 11) is -4.10. The second kappa shape index (κ2) is 8.49. The number of nitrogens with one attached hydrogen (secondary N) is 3. The number of carbonyl (C=O) groups excluding carboxylic acids is 1. The Morgan fingerprint density at radius 2 is 1.69 bits per heavy atom. The van der Waals surface area contributed by atoms with Gasteiger partial charge >= 0.3 is 0 Å². The van der Waals surface area contributed by atoms with E-state index < -0.39 is 55.1 Å². The van der Waals surface area contributed by atoms with Crippen molar-refractivity contribution in [2.24, 2.45) is 0 Å². The van der Waals surface area contributed by atoms with E-state index >= 15 is 0 Å². The Labute approximate surface area is 199 Å². The van der Waals surface area contributed by atoms with Gasteiger partial charge in [0.2, 0.25) is 0 Å². The van der Waals surface area contributed by atoms with Gasteiger partial charge in [-0.15, -0.1) is 0 Å². The summed E-state index contributed by atoms with van der Waals surface area (Å²) in [5.41, 5.74) is -1.35. The summed E-state index contributed by atoms with van der Waals surface area (Å²) in [5, 5.41) is 13.9. The molecule has 0 saturated carbocycles. The first-order chi connectivity index (χ1) is 16.4. The second-order valence-electron chi connectivity index (χ2n) is 8.64. The molecule has 4 rings (SSSR count). The monoisotopic (exact) mass is 502 g/mol. The molecule has 1 saturated heterocycles. The van der Waals surface area contributed by atoms with Crippen molar-refractivity contribution in [3.05, 3.63) is 95.1 Å². The molecule has 11 heteroatoms. The summed E-state index contributed by atoms with van der Waals surface area (Å²) in [4.78, 5) is 16.1. The van der Waals surface area contributed by atoms with Crippen molar-refractivity contribution in [2.75, 3.05) is 11.1 Å². The number of hydrogen-bond acceptors (Lipinski definition) is 5. The van der Waals surface area contributed by atoms with Crippen LogP contribution in [-0.4, -0.2) is 30.9 Å². The maximum absolute atomic E-state index is 14.9. The third-order valence-corrected chi connectivity index (χ3v) is 8.79. The molecule has 182 valence electrons. The molecule has 2 aromatic carbocycles. The first kappa shape index (κ1) is 24.4. The summed E-state index contributed by atoms with van der Waals surface area (Å²) in [6.45, 7) is 2.78. The average Bonchev–Trinajstić information content (AvgIpc) is 2.79. The van der Waals surface area contributed by atoms with Crippen molar-refractivity contribution < 1.29 is 26.4 Å². The van der Waals surface area contributed by atoms with Gasteiger partial charge in [-0.25, -0.2) is 26.6 Å². The molecular formula is C24H21F3N4O3S. The molecule has 0 unspecified atom stereocenters. The third-order valence-electron chi connectivity index (χ3n) is 6.15. The highest BCUT2D eigenvalue weighted by atomic mass is 32.2. The molecule has 3 aromatic rings. The van der Waals surface area contributed by atoms with Crippen LogP contribution in [0.1, 0.15) is 35.5 Å². The number of anilines is 1. The molecule has 1 aliphatic rings. The third kappa shape index (κ3) is 4.27. The van der Waals surface area contributed by atoms with Crippen LogP contribution in [0.5, 0.6) is 0 Å². The Morgan fingerprint density at radius 3 is 2.29 bits per heavy atom. The number of rotatable bonds is 4. The van der Waals surface area contributed by atoms with Crippen molar-refractivity contribution in [1.82, 2.24) is 10.3 Å². The van der Waals surface area contributed by atoms with Gasteiger partial charge in [0.15, 0.2) is 14.6 Å². The highest BCUT2D eigenvalue weighted by Gasteiger charge is 2.54. The van der Waals surface area contributed by atoms with Gasteiger partial charge in [-0.2, -0.15) is 0 Å². The Balaban J connectivity index is 1.67. The topological polar surface area (TPSA) is 112 Å². The zero-order valence-corrected chi connectivity index (χ0v) is 19.5. The Bertz CT molecular complexity index is 1430. The number of hydrogen-bond donors (Lipinski definition) is 3. The van der Waals surface area contributed by atoms with E-state index in [4.69, 9.17) is 5.41 Å². The number of halogens is 3. The van der Waals surface area contributed by atoms with Crippen molar-refractivity contribution in [1.29, 1.82) is 5.41 Å². The number of nitrogens with zero attached hydrogens (tertiary/aromatic N) is 1. The lowest BCUT2D eigenvalue weighted by Crippen LogP contribution is -2.63. The molecule has 2 heterocycles. The largest absolute Gasteiger partial charge is 0.362 e. The molecule has 0 aliphatic carbocycles. The van der Waals surface area contributed by atoms with Crippen LogP contribution >= 0.6 is 0 Å². The van der Waals surface area contributed by atoms with Crippen molar-refractivity contribution in [3.8, 4) is 0 Å². The smallest absolute Gasteiger partial charge is 0.274 e. The summed E-state index contributed by atoms with van der Waals surface area (Å²) in [6, 6.07) is 10.7. The summed E-state index contributed by atoms with van der Waals surface area (Å²) in [6.07, 6.45) is 0.882. The second-order valence-corrected chi connectivity index (χ2v) is 11.0. The van der Waals surface area contributed by atoms with E-state index in [2.05, 4.69) is 15.6 Å². The molecule has 2 atom stereocenters. The minimum absolute atomic E-state index is 0.0706. The Kier molecular flexibility index (Phi) is 5.92. The van der Waals surface area contributed by atoms with Gasteiger partial charge in [-0.1, -0.05) is 12.1 Å². The van der Waals surface area contributed by atoms with E-state index in [9.17, 15) is 26.4 Å². The van der Waals surface area contributed by atoms with Crippen LogP contribution < -0.4 is 10.6 Å². The summed E-state index contributed by atoms with van der Waals surface area (Å²) in [5.74, 6) is -3.56. The van der Waals surface area contributed by atoms with Crippen molar-refractivity contribution in [3.63, 3.8) is 0 Å². The van der Waals surface area contributed by atoms with E-state index in [1.54, 1.807) is 0 Å². The normalized spacial score (nSPS) is 23.4. The number of pyridine rings is 1. The fourth-order valence-corrected chi connectivity index (χ4v) is 6.21. The molecule has 35 heavy (non-hydrogen) atoms. The summed E-state index contributed by atoms with van der Waals surface area (Å²) >= 11 is 0. The lowest BCUT2D eigenvalue weighted by atomic mass is 9.89. The van der Waals surface area contributed by atoms with Gasteiger partial charge < -0.3 is 10.6 Å². The van der Waals surface area contributed by atoms with Crippen LogP contribution in [0.2, 0.25) is 0 Å². The average molecular weight is 503 g/mol. The molecule has 1 amide bonds. The zero-order chi connectivity index (χ0) is 25.6. The lowest BCUT2D eigenvalue weighted by Gasteiger charge is -2.45. The number of sulfone groups is 1. The number of amides is 1. The van der Waals surface area contributed by atoms with Crippen LogP contribution in [-0.2, 0) is 20.1 Å². The van der Waals surface area contributed by atoms with E-state index in [0.29, 0.717) is 0 Å². The number of aromatic nitrogens is 1. The first-order valence-electron chi connectivity index (χ1n) is 10.4. The standard InChI is InChI=1S/C24H21F3N4O3S/c1-23(13-35(33,34)24(2,22(28)31-23)14-3-5-15(25)6-4-14)18-11-17(8-9-19(18)27)30-21(32)20-10-7-16(26)12-29-20/h3-12H,13H2,1-2H3,(H2,28,31)(H,30,32)/t23-,24+/m0/s1. The molecule has 0 bridgehead atoms. The summed E-state index contributed by atoms with van der Waals surface area (Å²) < 4.78 is 66.5. The van der Waals surface area contributed by atoms with Crippen molar-refractivity contribution in [2.45, 2.75) is 24.1 Å². The molecule has 7 nitrogen and oxygen atoms in total. The number of amidine groups is 1. The van der Waals surface area contributed by atoms with Crippen LogP contribution in [0.15, 0.2) is 60.8 Å². The minimum atomic E-state index is -4.10. The van der Waals surface area contributed by atoms with Gasteiger partial charge in [0.05, 0.1) is 17.5 Å². The van der Waals surface area contributed by atoms with Gasteiger partial charge in [-0.05, 0) is 61.9 Å². The maximum Gasteiger partial charge on any atom is 0.274 e. The highest BCUT2D eigenvalue weighted by Crippen LogP contribution is 2.41. The van der Waals surface area contributed by atoms with Gasteiger partial charge in [0, 0.05) is 11.3 Å². The molecule has 3 N–H and O–H groups in total. The highest BCUT2D eigenvalue weighted by molar-refractivity contribution is 7.93. The van der Waals surface area contributed by atoms with E-state index in [-0.39, 0.29) is 22.5 Å². The molecule has 1 aromatic heterocycles. The van der Waals surface area contributed by atoms with Gasteiger partial charge in [0.25, 0.3) is 5.91 Å². The lowest BCUT2D eigenvalue weighted by molar-refractivity contribution is 0.102. The Morgan fingerprint density at radius 1 is 1.03 bits per heavy atom. The van der Waals surface area contributed by atoms with Gasteiger partial charge in [0.1, 0.15) is 29.0 Å². The van der Waals surface area contributed by atoms with Crippen LogP contribution in [0.3, 0.4) is 0 Å². The van der Waals surface area contributed by atoms with E-state index in [1.807, 2.05) is 0 Å². The molecule has 0 radical (unpaired) electrons. The predicted octanol–water partition coefficient (Wildman–Crippen LogP) is 3.88. The molecule has 1 fully saturated rings. The first-order valence-corrected chi connectivity index (χ1v) is 12.1. The molecule has 1 aliphatic heterocycles. The van der Waals surface area contributed by atoms with E-state index in [0.717, 1.165) is 30.5 Å². The van der Waals surface area contributed by atoms with E-state index in [1.165, 1.54) is 44.2 Å². The predicted molar refractivity (Wildman–Crippen MR) is 124 cm³/mol. The number of benzene rings is 2. The maximum atomic E-state index is 14.9. The van der Waals surface area contributed by atoms with Crippen LogP contribution in [0, 0.1) is 22.9 Å². The fraction of sp³-hybridized carbons (Fsp3) is 0.208. The molecule has 0 spiro atoms. The quantitative estimate of drug-likeness (QED) is 0.501. The SMILES string of the molecule is C[C@@]1(c2ccc(F)cc2)C(=N)N[C@](C)(c2cc(NC(=O)c3ccc(F)cn3)ccc2F)CS1(=O)=O. The van der Waals surface area contributed by atoms with Crippen molar-refractivity contribution >= 4 is 27.3 Å². The van der Waals surface area contributed by atoms with Crippen LogP contribution in [0.25, 0.3) is 0 Å². The minimum Gasteiger partial charge on any atom is -0.362 e. The fourth-order valence-electron chi connectivity index (χ4n) is 4.08. The number of carbonyl (C=O) groups is 1. The van der Waals surface area contributed by atoms with Gasteiger partial charge in [-0.3, -0.25) is 10.2 Å². The van der Waals surface area contributed by atoms with Crippen LogP contribution in [0.4, 0.5) is 18.9 Å².